The van der Waals surface area contributed by atoms with Crippen molar-refractivity contribution >= 4 is 29.3 Å². The molecule has 0 spiro atoms. The molecule has 0 saturated heterocycles. The molecule has 0 aromatic heterocycles. The van der Waals surface area contributed by atoms with E-state index >= 15 is 0 Å². The minimum absolute atomic E-state index is 0.0617. The second kappa shape index (κ2) is 7.69. The Balaban J connectivity index is 1.93. The van der Waals surface area contributed by atoms with E-state index in [9.17, 15) is 14.9 Å². The van der Waals surface area contributed by atoms with Crippen LogP contribution in [0.5, 0.6) is 5.75 Å². The Labute approximate surface area is 155 Å². The van der Waals surface area contributed by atoms with Crippen molar-refractivity contribution in [2.45, 2.75) is 6.92 Å². The third-order valence-electron chi connectivity index (χ3n) is 3.86. The van der Waals surface area contributed by atoms with Gasteiger partial charge in [-0.15, -0.1) is 5.10 Å². The Morgan fingerprint density at radius 2 is 1.81 bits per heavy atom. The smallest absolute Gasteiger partial charge is 0.284 e. The minimum Gasteiger partial charge on any atom is -0.497 e. The fourth-order valence-corrected chi connectivity index (χ4v) is 2.52. The second-order valence-electron chi connectivity index (χ2n) is 5.56. The van der Waals surface area contributed by atoms with Gasteiger partial charge in [0.25, 0.3) is 11.6 Å². The van der Waals surface area contributed by atoms with E-state index in [0.29, 0.717) is 23.6 Å². The number of carbonyl (C=O) groups is 1. The zero-order valence-electron chi connectivity index (χ0n) is 14.8. The molecule has 8 nitrogen and oxygen atoms in total. The number of anilines is 1. The van der Waals surface area contributed by atoms with Gasteiger partial charge in [-0.05, 0) is 42.8 Å². The fourth-order valence-electron chi connectivity index (χ4n) is 2.52. The number of nitro groups is 1. The first-order chi connectivity index (χ1) is 13.0. The predicted octanol–water partition coefficient (Wildman–Crippen LogP) is 3.38. The molecule has 2 aromatic carbocycles. The van der Waals surface area contributed by atoms with Crippen LogP contribution < -0.4 is 9.75 Å². The molecular formula is C19H17N3O5. The zero-order chi connectivity index (χ0) is 19.4. The van der Waals surface area contributed by atoms with E-state index in [1.807, 2.05) is 12.1 Å². The van der Waals surface area contributed by atoms with Crippen LogP contribution >= 0.6 is 0 Å². The first-order valence-corrected chi connectivity index (χ1v) is 8.20. The zero-order valence-corrected chi connectivity index (χ0v) is 14.8. The molecule has 1 aliphatic rings. The molecule has 0 atom stereocenters. The molecule has 0 bridgehead atoms. The van der Waals surface area contributed by atoms with Gasteiger partial charge >= 0.3 is 0 Å². The Morgan fingerprint density at radius 1 is 1.15 bits per heavy atom. The van der Waals surface area contributed by atoms with Gasteiger partial charge in [0.15, 0.2) is 0 Å². The molecule has 1 aliphatic heterocycles. The van der Waals surface area contributed by atoms with Gasteiger partial charge in [-0.2, -0.15) is 5.01 Å². The summed E-state index contributed by atoms with van der Waals surface area (Å²) in [5.41, 5.74) is 1.45. The number of rotatable bonds is 5. The van der Waals surface area contributed by atoms with Crippen molar-refractivity contribution in [2.24, 2.45) is 5.10 Å². The van der Waals surface area contributed by atoms with E-state index in [2.05, 4.69) is 5.10 Å². The lowest BCUT2D eigenvalue weighted by atomic mass is 10.1. The number of nitrogens with zero attached hydrogens (tertiary/aromatic N) is 3. The lowest BCUT2D eigenvalue weighted by molar-refractivity contribution is -0.384. The van der Waals surface area contributed by atoms with Gasteiger partial charge in [0.05, 0.1) is 24.3 Å². The van der Waals surface area contributed by atoms with Gasteiger partial charge in [-0.1, -0.05) is 12.1 Å². The summed E-state index contributed by atoms with van der Waals surface area (Å²) in [6, 6.07) is 12.8. The van der Waals surface area contributed by atoms with Crippen LogP contribution in [-0.2, 0) is 9.53 Å². The maximum absolute atomic E-state index is 12.8. The molecule has 3 rings (SSSR count). The van der Waals surface area contributed by atoms with E-state index in [0.717, 1.165) is 5.56 Å². The molecule has 0 aliphatic carbocycles. The summed E-state index contributed by atoms with van der Waals surface area (Å²) in [6.45, 7) is 2.15. The van der Waals surface area contributed by atoms with Crippen LogP contribution in [0.3, 0.4) is 0 Å². The standard InChI is InChI=1S/C19H17N3O5/c1-3-27-18-17(12-13-4-10-16(26-2)11-5-13)19(23)21(20-18)14-6-8-15(9-7-14)22(24)25/h4-12H,3H2,1-2H3. The van der Waals surface area contributed by atoms with E-state index in [1.165, 1.54) is 29.3 Å². The summed E-state index contributed by atoms with van der Waals surface area (Å²) in [5.74, 6) is 0.542. The maximum Gasteiger partial charge on any atom is 0.284 e. The number of hydrazone groups is 1. The maximum atomic E-state index is 12.8. The van der Waals surface area contributed by atoms with Gasteiger partial charge in [-0.3, -0.25) is 14.9 Å². The van der Waals surface area contributed by atoms with Crippen molar-refractivity contribution in [3.63, 3.8) is 0 Å². The lowest BCUT2D eigenvalue weighted by Gasteiger charge is -2.10. The number of ether oxygens (including phenoxy) is 2. The number of hydrogen-bond acceptors (Lipinski definition) is 6. The van der Waals surface area contributed by atoms with E-state index in [-0.39, 0.29) is 17.5 Å². The minimum atomic E-state index is -0.501. The van der Waals surface area contributed by atoms with E-state index < -0.39 is 4.92 Å². The number of non-ortho nitro benzene ring substituents is 1. The Hall–Kier alpha value is -3.68. The summed E-state index contributed by atoms with van der Waals surface area (Å²) < 4.78 is 10.6. The molecule has 0 N–H and O–H groups in total. The van der Waals surface area contributed by atoms with E-state index in [1.54, 1.807) is 32.2 Å². The summed E-state index contributed by atoms with van der Waals surface area (Å²) in [7, 11) is 1.58. The van der Waals surface area contributed by atoms with Crippen LogP contribution in [0.1, 0.15) is 12.5 Å². The topological polar surface area (TPSA) is 94.3 Å². The summed E-state index contributed by atoms with van der Waals surface area (Å²) >= 11 is 0. The van der Waals surface area contributed by atoms with E-state index in [4.69, 9.17) is 9.47 Å². The van der Waals surface area contributed by atoms with Crippen LogP contribution in [-0.4, -0.2) is 30.4 Å². The highest BCUT2D eigenvalue weighted by atomic mass is 16.6. The van der Waals surface area contributed by atoms with Crippen molar-refractivity contribution < 1.29 is 19.2 Å². The van der Waals surface area contributed by atoms with Gasteiger partial charge in [0, 0.05) is 12.1 Å². The molecule has 1 heterocycles. The third-order valence-corrected chi connectivity index (χ3v) is 3.86. The van der Waals surface area contributed by atoms with Gasteiger partial charge in [0.1, 0.15) is 11.3 Å². The van der Waals surface area contributed by atoms with Crippen LogP contribution in [0.15, 0.2) is 59.2 Å². The summed E-state index contributed by atoms with van der Waals surface area (Å²) in [4.78, 5) is 23.1. The Bertz CT molecular complexity index is 917. The van der Waals surface area contributed by atoms with Crippen LogP contribution in [0.25, 0.3) is 6.08 Å². The largest absolute Gasteiger partial charge is 0.497 e. The molecule has 0 saturated carbocycles. The highest BCUT2D eigenvalue weighted by Crippen LogP contribution is 2.27. The molecule has 2 aromatic rings. The number of nitro benzene ring substituents is 1. The van der Waals surface area contributed by atoms with Crippen molar-refractivity contribution in [2.75, 3.05) is 18.7 Å². The molecule has 8 heteroatoms. The first kappa shape index (κ1) is 18.1. The summed E-state index contributed by atoms with van der Waals surface area (Å²) in [5, 5.41) is 16.2. The van der Waals surface area contributed by atoms with Gasteiger partial charge in [0.2, 0.25) is 5.90 Å². The van der Waals surface area contributed by atoms with Gasteiger partial charge < -0.3 is 9.47 Å². The number of hydrogen-bond donors (Lipinski definition) is 0. The molecule has 138 valence electrons. The summed E-state index contributed by atoms with van der Waals surface area (Å²) in [6.07, 6.45) is 1.68. The van der Waals surface area contributed by atoms with Crippen molar-refractivity contribution in [1.82, 2.24) is 0 Å². The molecule has 0 unspecified atom stereocenters. The molecule has 0 fully saturated rings. The van der Waals surface area contributed by atoms with Crippen LogP contribution in [0.2, 0.25) is 0 Å². The van der Waals surface area contributed by atoms with Crippen LogP contribution in [0, 0.1) is 10.1 Å². The average molecular weight is 367 g/mol. The number of benzene rings is 2. The third kappa shape index (κ3) is 3.79. The molecule has 1 amide bonds. The Kier molecular flexibility index (Phi) is 5.16. The quantitative estimate of drug-likeness (QED) is 0.459. The first-order valence-electron chi connectivity index (χ1n) is 8.20. The SMILES string of the molecule is CCOC1=NN(c2ccc([N+](=O)[O-])cc2)C(=O)C1=Cc1ccc(OC)cc1. The Morgan fingerprint density at radius 3 is 2.37 bits per heavy atom. The van der Waals surface area contributed by atoms with Crippen molar-refractivity contribution in [1.29, 1.82) is 0 Å². The molecular weight excluding hydrogens is 350 g/mol. The van der Waals surface area contributed by atoms with Crippen LogP contribution in [0.4, 0.5) is 11.4 Å². The van der Waals surface area contributed by atoms with Crippen molar-refractivity contribution in [3.8, 4) is 5.75 Å². The molecule has 27 heavy (non-hydrogen) atoms. The highest BCUT2D eigenvalue weighted by Gasteiger charge is 2.32. The highest BCUT2D eigenvalue weighted by molar-refractivity contribution is 6.30. The predicted molar refractivity (Wildman–Crippen MR) is 101 cm³/mol. The normalized spacial score (nSPS) is 15.0. The number of carbonyl (C=O) groups excluding carboxylic acids is 1. The van der Waals surface area contributed by atoms with Gasteiger partial charge in [-0.25, -0.2) is 0 Å². The van der Waals surface area contributed by atoms with Crippen molar-refractivity contribution in [3.05, 3.63) is 69.8 Å². The number of methoxy groups -OCH3 is 1. The number of amides is 1. The second-order valence-corrected chi connectivity index (χ2v) is 5.56. The molecule has 0 radical (unpaired) electrons. The fraction of sp³-hybridized carbons (Fsp3) is 0.158. The monoisotopic (exact) mass is 367 g/mol. The lowest BCUT2D eigenvalue weighted by Crippen LogP contribution is -2.21. The average Bonchev–Trinajstić information content (AvgIpc) is 2.98.